The fourth-order valence-corrected chi connectivity index (χ4v) is 9.36. The molecule has 4 aromatic heterocycles. The van der Waals surface area contributed by atoms with Crippen LogP contribution in [0.4, 0.5) is 49.1 Å². The summed E-state index contributed by atoms with van der Waals surface area (Å²) in [4.78, 5) is 38.1. The van der Waals surface area contributed by atoms with Crippen molar-refractivity contribution in [1.29, 1.82) is 0 Å². The van der Waals surface area contributed by atoms with Crippen molar-refractivity contribution in [2.45, 2.75) is 65.6 Å². The van der Waals surface area contributed by atoms with Crippen LogP contribution in [0.1, 0.15) is 69.6 Å². The highest BCUT2D eigenvalue weighted by molar-refractivity contribution is 7.91. The van der Waals surface area contributed by atoms with E-state index in [2.05, 4.69) is 46.2 Å². The van der Waals surface area contributed by atoms with Crippen LogP contribution in [0, 0.1) is 39.3 Å². The van der Waals surface area contributed by atoms with E-state index in [9.17, 15) is 35.2 Å². The monoisotopic (exact) mass is 1090 g/mol. The number of carbonyl (C=O) groups excluding carboxylic acids is 2. The van der Waals surface area contributed by atoms with Gasteiger partial charge >= 0.3 is 0 Å². The lowest BCUT2D eigenvalue weighted by atomic mass is 10.2. The van der Waals surface area contributed by atoms with Gasteiger partial charge in [-0.25, -0.2) is 45.0 Å². The van der Waals surface area contributed by atoms with E-state index < -0.39 is 43.5 Å². The number of rotatable bonds is 12. The van der Waals surface area contributed by atoms with E-state index in [1.165, 1.54) is 36.4 Å². The molecule has 0 bridgehead atoms. The Hall–Kier alpha value is -8.75. The zero-order valence-electron chi connectivity index (χ0n) is 38.4. The number of hydrogen-bond acceptors (Lipinski definition) is 20. The zero-order valence-corrected chi connectivity index (χ0v) is 40.8. The predicted molar refractivity (Wildman–Crippen MR) is 272 cm³/mol. The topological polar surface area (TPSA) is 311 Å². The largest absolute Gasteiger partial charge is 0.487 e. The zero-order chi connectivity index (χ0) is 52.2. The Morgan fingerprint density at radius 3 is 1.56 bits per heavy atom. The number of amides is 2. The summed E-state index contributed by atoms with van der Waals surface area (Å²) in [6.07, 6.45) is 2.00. The van der Waals surface area contributed by atoms with Crippen molar-refractivity contribution in [3.05, 3.63) is 159 Å². The minimum Gasteiger partial charge on any atom is -0.487 e. The molecule has 0 radical (unpaired) electrons. The number of fused-ring (bicyclic) bond motifs is 2. The van der Waals surface area contributed by atoms with Crippen LogP contribution in [-0.4, -0.2) is 58.9 Å². The molecule has 0 unspecified atom stereocenters. The van der Waals surface area contributed by atoms with Gasteiger partial charge in [0.1, 0.15) is 57.4 Å². The molecule has 0 fully saturated rings. The number of carbonyl (C=O) groups is 2. The normalized spacial score (nSPS) is 13.1. The Balaban J connectivity index is 0.000000201. The van der Waals surface area contributed by atoms with Crippen LogP contribution in [0.25, 0.3) is 0 Å². The fourth-order valence-electron chi connectivity index (χ4n) is 6.83. The maximum absolute atomic E-state index is 14.4. The molecule has 392 valence electrons. The fraction of sp³-hybridized carbons (Fsp3) is 0.167. The Morgan fingerprint density at radius 2 is 1.07 bits per heavy atom. The third-order valence-electron chi connectivity index (χ3n) is 10.2. The molecule has 0 aliphatic carbocycles. The molecule has 2 amide bonds. The number of hydrogen-bond donors (Lipinski definition) is 6. The summed E-state index contributed by atoms with van der Waals surface area (Å²) < 4.78 is 100.0. The molecule has 22 nitrogen and oxygen atoms in total. The minimum atomic E-state index is -3.92. The van der Waals surface area contributed by atoms with Crippen LogP contribution >= 0.6 is 11.6 Å². The molecule has 27 heteroatoms. The molecule has 0 saturated heterocycles. The van der Waals surface area contributed by atoms with Crippen LogP contribution in [0.5, 0.6) is 11.5 Å². The van der Waals surface area contributed by atoms with Gasteiger partial charge in [0.25, 0.3) is 31.9 Å². The van der Waals surface area contributed by atoms with Crippen molar-refractivity contribution in [3.8, 4) is 11.5 Å². The lowest BCUT2D eigenvalue weighted by molar-refractivity contribution is 0.0976. The summed E-state index contributed by atoms with van der Waals surface area (Å²) in [7, 11) is -7.58. The maximum Gasteiger partial charge on any atom is 0.266 e. The quantitative estimate of drug-likeness (QED) is 0.0491. The standard InChI is InChI=1S/C23H19FN6O5S.C16H14ClFN4O2.C7H6N2O3S.2CH4/c1-12-7-14(4-6-19(12)34-11-16-8-13(2)35-29-16)26-21-18(24)10-25-23(28-21)27-15-3-5-17-20(9-15)36(32,33)30-22(17)31;1-9-5-11(20-15-13(18)7-19-16(17)21-15)3-4-14(9)23-8-12-6-10(2)24-22-12;8-4-1-2-5-6(3-4)13(11,12)9-7(5)10;;/h3-10H,11H2,1-2H3,(H,30,31)(H2,25,26,27,28);3-7H,8H2,1-2H3,(H,19,20,21);1-3H,8H2,(H,9,10);2*1H4. The number of nitrogens with zero attached hydrogens (tertiary/aromatic N) is 6. The van der Waals surface area contributed by atoms with Gasteiger partial charge < -0.3 is 40.2 Å². The van der Waals surface area contributed by atoms with Gasteiger partial charge in [-0.3, -0.25) is 9.59 Å². The molecular weight excluding hydrogens is 1040 g/mol. The molecule has 8 aromatic rings. The highest BCUT2D eigenvalue weighted by Crippen LogP contribution is 2.30. The Morgan fingerprint density at radius 1 is 0.613 bits per heavy atom. The number of aryl methyl sites for hydroxylation is 4. The lowest BCUT2D eigenvalue weighted by Crippen LogP contribution is -2.20. The van der Waals surface area contributed by atoms with Gasteiger partial charge in [-0.05, 0) is 123 Å². The molecule has 10 rings (SSSR count). The van der Waals surface area contributed by atoms with Crippen molar-refractivity contribution in [2.75, 3.05) is 21.7 Å². The van der Waals surface area contributed by atoms with E-state index in [4.69, 9.17) is 35.9 Å². The van der Waals surface area contributed by atoms with Gasteiger partial charge in [-0.1, -0.05) is 25.2 Å². The Labute approximate surface area is 433 Å². The van der Waals surface area contributed by atoms with Gasteiger partial charge in [-0.2, -0.15) is 9.97 Å². The van der Waals surface area contributed by atoms with Crippen LogP contribution in [0.2, 0.25) is 5.28 Å². The van der Waals surface area contributed by atoms with Crippen molar-refractivity contribution in [2.24, 2.45) is 0 Å². The second-order valence-corrected chi connectivity index (χ2v) is 19.5. The van der Waals surface area contributed by atoms with E-state index in [0.717, 1.165) is 29.3 Å². The van der Waals surface area contributed by atoms with E-state index in [-0.39, 0.29) is 65.2 Å². The lowest BCUT2D eigenvalue weighted by Gasteiger charge is -2.12. The van der Waals surface area contributed by atoms with Crippen LogP contribution < -0.4 is 40.6 Å². The van der Waals surface area contributed by atoms with E-state index >= 15 is 0 Å². The molecule has 7 N–H and O–H groups in total. The number of nitrogen functional groups attached to an aromatic ring is 1. The van der Waals surface area contributed by atoms with Crippen molar-refractivity contribution in [3.63, 3.8) is 0 Å². The number of anilines is 7. The Bertz CT molecular complexity index is 3680. The molecule has 75 heavy (non-hydrogen) atoms. The van der Waals surface area contributed by atoms with Crippen molar-refractivity contribution < 1.29 is 53.7 Å². The van der Waals surface area contributed by atoms with E-state index in [1.807, 2.05) is 42.3 Å². The average Bonchev–Trinajstić information content (AvgIpc) is 4.07. The summed E-state index contributed by atoms with van der Waals surface area (Å²) >= 11 is 5.68. The minimum absolute atomic E-state index is 0. The molecular formula is C48H47ClF2N12O10S2. The first-order valence-corrected chi connectivity index (χ1v) is 24.5. The SMILES string of the molecule is C.C.Cc1cc(COc2ccc(Nc3nc(Cl)ncc3F)cc2C)no1.Cc1cc(COc2ccc(Nc3nc(Nc4ccc5c(c4)S(=O)(=O)NC5=O)ncc3F)cc2C)no1.Nc1ccc2c(c1)S(=O)(=O)NC2=O. The van der Waals surface area contributed by atoms with Gasteiger partial charge in [-0.15, -0.1) is 0 Å². The first kappa shape index (κ1) is 55.6. The number of ether oxygens (including phenoxy) is 2. The summed E-state index contributed by atoms with van der Waals surface area (Å²) in [6, 6.07) is 22.5. The predicted octanol–water partition coefficient (Wildman–Crippen LogP) is 8.89. The summed E-state index contributed by atoms with van der Waals surface area (Å²) in [5, 5.41) is 16.3. The molecule has 2 aliphatic heterocycles. The average molecular weight is 1090 g/mol. The van der Waals surface area contributed by atoms with Gasteiger partial charge in [0.2, 0.25) is 11.2 Å². The summed E-state index contributed by atoms with van der Waals surface area (Å²) in [6.45, 7) is 7.90. The molecule has 6 heterocycles. The first-order valence-electron chi connectivity index (χ1n) is 21.2. The number of nitrogens with two attached hydrogens (primary N) is 1. The number of benzene rings is 4. The number of aromatic nitrogens is 6. The molecule has 4 aromatic carbocycles. The van der Waals surface area contributed by atoms with Crippen LogP contribution in [0.15, 0.2) is 116 Å². The first-order chi connectivity index (χ1) is 34.7. The molecule has 0 saturated carbocycles. The van der Waals surface area contributed by atoms with Crippen LogP contribution in [0.3, 0.4) is 0 Å². The van der Waals surface area contributed by atoms with E-state index in [0.29, 0.717) is 58.0 Å². The smallest absolute Gasteiger partial charge is 0.266 e. The highest BCUT2D eigenvalue weighted by atomic mass is 35.5. The van der Waals surface area contributed by atoms with Crippen LogP contribution in [-0.2, 0) is 33.3 Å². The number of sulfonamides is 2. The maximum atomic E-state index is 14.4. The highest BCUT2D eigenvalue weighted by Gasteiger charge is 2.33. The van der Waals surface area contributed by atoms with E-state index in [1.54, 1.807) is 43.3 Å². The second kappa shape index (κ2) is 23.0. The Kier molecular flexibility index (Phi) is 17.0. The number of nitrogens with one attached hydrogen (secondary N) is 5. The van der Waals surface area contributed by atoms with Crippen molar-refractivity contribution >= 4 is 83.8 Å². The van der Waals surface area contributed by atoms with Gasteiger partial charge in [0.15, 0.2) is 23.3 Å². The van der Waals surface area contributed by atoms with Gasteiger partial charge in [0, 0.05) is 34.9 Å². The molecule has 2 aliphatic rings. The second-order valence-electron chi connectivity index (χ2n) is 15.8. The molecule has 0 spiro atoms. The number of halogens is 3. The summed E-state index contributed by atoms with van der Waals surface area (Å²) in [5.41, 5.74) is 10.5. The molecule has 0 atom stereocenters. The van der Waals surface area contributed by atoms with Crippen molar-refractivity contribution in [1.82, 2.24) is 39.7 Å². The third kappa shape index (κ3) is 13.5. The summed E-state index contributed by atoms with van der Waals surface area (Å²) in [5.74, 6) is 0.127. The van der Waals surface area contributed by atoms with Gasteiger partial charge in [0.05, 0.1) is 23.5 Å². The third-order valence-corrected chi connectivity index (χ3v) is 13.1.